The third-order valence-corrected chi connectivity index (χ3v) is 4.31. The van der Waals surface area contributed by atoms with Gasteiger partial charge in [0.05, 0.1) is 0 Å². The average molecular weight is 458 g/mol. The van der Waals surface area contributed by atoms with Gasteiger partial charge in [-0.3, -0.25) is 0 Å². The minimum atomic E-state index is -5.18. The molecule has 0 bridgehead atoms. The van der Waals surface area contributed by atoms with Crippen LogP contribution in [0.4, 0.5) is 26.3 Å². The van der Waals surface area contributed by atoms with Gasteiger partial charge in [-0.15, -0.1) is 36.5 Å². The molecule has 2 heterocycles. The molecule has 0 unspecified atom stereocenters. The van der Waals surface area contributed by atoms with E-state index in [1.165, 1.54) is 6.07 Å². The number of nitrogens with one attached hydrogen (secondary N) is 1. The molecule has 168 valence electrons. The summed E-state index contributed by atoms with van der Waals surface area (Å²) in [7, 11) is 0. The number of rotatable bonds is 6. The highest BCUT2D eigenvalue weighted by Gasteiger charge is 2.36. The van der Waals surface area contributed by atoms with Crippen LogP contribution in [0.25, 0.3) is 22.6 Å². The molecule has 0 atom stereocenters. The second-order valence-corrected chi connectivity index (χ2v) is 6.59. The lowest BCUT2D eigenvalue weighted by Crippen LogP contribution is -2.21. The van der Waals surface area contributed by atoms with Crippen LogP contribution in [0.5, 0.6) is 11.5 Å². The van der Waals surface area contributed by atoms with E-state index in [-0.39, 0.29) is 12.2 Å². The lowest BCUT2D eigenvalue weighted by molar-refractivity contribution is -0.287. The maximum atomic E-state index is 12.6. The van der Waals surface area contributed by atoms with E-state index in [1.807, 2.05) is 0 Å². The van der Waals surface area contributed by atoms with E-state index in [4.69, 9.17) is 4.42 Å². The van der Waals surface area contributed by atoms with E-state index >= 15 is 0 Å². The fourth-order valence-corrected chi connectivity index (χ4v) is 3.02. The minimum Gasteiger partial charge on any atom is -0.453 e. The first-order valence-corrected chi connectivity index (χ1v) is 8.96. The van der Waals surface area contributed by atoms with Gasteiger partial charge in [-0.1, -0.05) is 18.2 Å². The Balaban J connectivity index is 1.52. The lowest BCUT2D eigenvalue weighted by Gasteiger charge is -2.16. The number of ether oxygens (including phenoxy) is 2. The number of H-pyrrole nitrogens is 1. The summed E-state index contributed by atoms with van der Waals surface area (Å²) >= 11 is 0. The van der Waals surface area contributed by atoms with Crippen molar-refractivity contribution in [2.75, 3.05) is 0 Å². The van der Waals surface area contributed by atoms with Crippen LogP contribution in [0.15, 0.2) is 46.9 Å². The van der Waals surface area contributed by atoms with Gasteiger partial charge < -0.3 is 13.9 Å². The molecule has 0 fully saturated rings. The van der Waals surface area contributed by atoms with Crippen LogP contribution in [0, 0.1) is 0 Å². The SMILES string of the molecule is FC(F)(F)Oc1ccc(CCc2ccc3cc(-c4nn[nH]n4)oc3c2)cc1OC(F)(F)F. The molecule has 13 heteroatoms. The summed E-state index contributed by atoms with van der Waals surface area (Å²) in [5.41, 5.74) is 1.66. The molecule has 2 aromatic heterocycles. The molecule has 32 heavy (non-hydrogen) atoms. The van der Waals surface area contributed by atoms with Crippen molar-refractivity contribution < 1.29 is 40.2 Å². The highest BCUT2D eigenvalue weighted by Crippen LogP contribution is 2.36. The predicted molar refractivity (Wildman–Crippen MR) is 96.6 cm³/mol. The quantitative estimate of drug-likeness (QED) is 0.400. The number of aromatic nitrogens is 4. The van der Waals surface area contributed by atoms with Crippen molar-refractivity contribution in [2.24, 2.45) is 0 Å². The van der Waals surface area contributed by atoms with Gasteiger partial charge in [0.2, 0.25) is 5.82 Å². The average Bonchev–Trinajstić information content (AvgIpc) is 3.35. The fourth-order valence-electron chi connectivity index (χ4n) is 3.02. The Morgan fingerprint density at radius 2 is 1.47 bits per heavy atom. The molecule has 0 aliphatic carbocycles. The maximum Gasteiger partial charge on any atom is 0.573 e. The molecular formula is C19H12F6N4O3. The zero-order valence-corrected chi connectivity index (χ0v) is 15.8. The number of nitrogens with zero attached hydrogens (tertiary/aromatic N) is 3. The number of halogens is 6. The number of benzene rings is 2. The first-order chi connectivity index (χ1) is 15.1. The number of fused-ring (bicyclic) bond motifs is 1. The fraction of sp³-hybridized carbons (Fsp3) is 0.211. The maximum absolute atomic E-state index is 12.6. The molecule has 0 aliphatic heterocycles. The Kier molecular flexibility index (Phi) is 5.40. The molecule has 0 saturated carbocycles. The summed E-state index contributed by atoms with van der Waals surface area (Å²) in [6.07, 6.45) is -9.74. The summed E-state index contributed by atoms with van der Waals surface area (Å²) in [5, 5.41) is 14.2. The molecular weight excluding hydrogens is 446 g/mol. The van der Waals surface area contributed by atoms with E-state index in [9.17, 15) is 26.3 Å². The van der Waals surface area contributed by atoms with Gasteiger partial charge in [-0.2, -0.15) is 5.21 Å². The Hall–Kier alpha value is -3.77. The molecule has 1 N–H and O–H groups in total. The van der Waals surface area contributed by atoms with Crippen LogP contribution < -0.4 is 9.47 Å². The van der Waals surface area contributed by atoms with Crippen molar-refractivity contribution in [2.45, 2.75) is 25.6 Å². The van der Waals surface area contributed by atoms with Crippen LogP contribution in [-0.2, 0) is 12.8 Å². The van der Waals surface area contributed by atoms with E-state index in [2.05, 4.69) is 30.1 Å². The van der Waals surface area contributed by atoms with Gasteiger partial charge in [0.15, 0.2) is 17.3 Å². The smallest absolute Gasteiger partial charge is 0.453 e. The van der Waals surface area contributed by atoms with Gasteiger partial charge in [0.1, 0.15) is 5.58 Å². The minimum absolute atomic E-state index is 0.227. The summed E-state index contributed by atoms with van der Waals surface area (Å²) in [4.78, 5) is 0. The normalized spacial score (nSPS) is 12.3. The standard InChI is InChI=1S/C19H12F6N4O3/c20-18(21,22)31-13-6-4-11(8-15(13)32-19(23,24)25)2-1-10-3-5-12-9-16(30-14(12)7-10)17-26-28-29-27-17/h3-9H,1-2H2,(H,26,27,28,29). The lowest BCUT2D eigenvalue weighted by atomic mass is 10.0. The number of alkyl halides is 6. The molecule has 0 radical (unpaired) electrons. The van der Waals surface area contributed by atoms with E-state index in [1.54, 1.807) is 24.3 Å². The van der Waals surface area contributed by atoms with Gasteiger partial charge in [-0.05, 0) is 53.4 Å². The highest BCUT2D eigenvalue weighted by atomic mass is 19.4. The topological polar surface area (TPSA) is 86.1 Å². The van der Waals surface area contributed by atoms with Gasteiger partial charge in [-0.25, -0.2) is 0 Å². The Morgan fingerprint density at radius 1 is 0.812 bits per heavy atom. The first-order valence-electron chi connectivity index (χ1n) is 8.96. The highest BCUT2D eigenvalue weighted by molar-refractivity contribution is 5.82. The van der Waals surface area contributed by atoms with Crippen LogP contribution in [0.2, 0.25) is 0 Å². The Bertz CT molecular complexity index is 1220. The third-order valence-electron chi connectivity index (χ3n) is 4.31. The molecule has 0 saturated heterocycles. The molecule has 0 spiro atoms. The Labute approximate surface area is 174 Å². The summed E-state index contributed by atoms with van der Waals surface area (Å²) in [6, 6.07) is 9.95. The van der Waals surface area contributed by atoms with Crippen molar-refractivity contribution in [3.63, 3.8) is 0 Å². The zero-order valence-electron chi connectivity index (χ0n) is 15.8. The third kappa shape index (κ3) is 5.28. The molecule has 0 amide bonds. The van der Waals surface area contributed by atoms with Crippen molar-refractivity contribution in [3.8, 4) is 23.1 Å². The molecule has 0 aliphatic rings. The van der Waals surface area contributed by atoms with Crippen LogP contribution in [0.1, 0.15) is 11.1 Å². The van der Waals surface area contributed by atoms with Crippen molar-refractivity contribution in [3.05, 3.63) is 53.6 Å². The Morgan fingerprint density at radius 3 is 2.12 bits per heavy atom. The van der Waals surface area contributed by atoms with E-state index < -0.39 is 24.2 Å². The van der Waals surface area contributed by atoms with Gasteiger partial charge in [0, 0.05) is 5.39 Å². The zero-order chi connectivity index (χ0) is 22.9. The molecule has 2 aromatic carbocycles. The van der Waals surface area contributed by atoms with Crippen molar-refractivity contribution in [1.82, 2.24) is 20.6 Å². The predicted octanol–water partition coefficient (Wildman–Crippen LogP) is 5.20. The van der Waals surface area contributed by atoms with Crippen LogP contribution >= 0.6 is 0 Å². The molecule has 4 rings (SSSR count). The van der Waals surface area contributed by atoms with Crippen LogP contribution in [0.3, 0.4) is 0 Å². The van der Waals surface area contributed by atoms with Crippen molar-refractivity contribution in [1.29, 1.82) is 0 Å². The summed E-state index contributed by atoms with van der Waals surface area (Å²) in [6.45, 7) is 0. The number of furan rings is 1. The largest absolute Gasteiger partial charge is 0.573 e. The van der Waals surface area contributed by atoms with Gasteiger partial charge >= 0.3 is 12.7 Å². The van der Waals surface area contributed by atoms with E-state index in [0.717, 1.165) is 23.1 Å². The van der Waals surface area contributed by atoms with Crippen molar-refractivity contribution >= 4 is 11.0 Å². The van der Waals surface area contributed by atoms with E-state index in [0.29, 0.717) is 23.3 Å². The first kappa shape index (κ1) is 21.5. The summed E-state index contributed by atoms with van der Waals surface area (Å²) in [5.74, 6) is -1.47. The number of aryl methyl sites for hydroxylation is 2. The second-order valence-electron chi connectivity index (χ2n) is 6.59. The number of hydrogen-bond donors (Lipinski definition) is 1. The summed E-state index contributed by atoms with van der Waals surface area (Å²) < 4.78 is 88.2. The number of tetrazole rings is 1. The second kappa shape index (κ2) is 8.05. The molecule has 7 nitrogen and oxygen atoms in total. The number of aromatic amines is 1. The van der Waals surface area contributed by atoms with Crippen LogP contribution in [-0.4, -0.2) is 33.3 Å². The van der Waals surface area contributed by atoms with Gasteiger partial charge in [0.25, 0.3) is 0 Å². The monoisotopic (exact) mass is 458 g/mol. The number of hydrogen-bond acceptors (Lipinski definition) is 6. The molecule has 4 aromatic rings.